The number of aromatic nitrogens is 1. The molecule has 6 heteroatoms. The predicted octanol–water partition coefficient (Wildman–Crippen LogP) is 4.11. The van der Waals surface area contributed by atoms with Gasteiger partial charge in [-0.1, -0.05) is 30.2 Å². The van der Waals surface area contributed by atoms with Gasteiger partial charge in [-0.2, -0.15) is 0 Å². The summed E-state index contributed by atoms with van der Waals surface area (Å²) in [5.41, 5.74) is 1.11. The Morgan fingerprint density at radius 3 is 2.86 bits per heavy atom. The van der Waals surface area contributed by atoms with Gasteiger partial charge in [0.1, 0.15) is 5.76 Å². The van der Waals surface area contributed by atoms with Crippen molar-refractivity contribution in [3.8, 4) is 0 Å². The second-order valence-electron chi connectivity index (χ2n) is 7.99. The number of likely N-dealkylation sites (tertiary alicyclic amines) is 2. The number of nitrogens with zero attached hydrogens (tertiary/aromatic N) is 3. The number of carbonyl (C=O) groups excluding carboxylic acids is 1. The van der Waals surface area contributed by atoms with Crippen molar-refractivity contribution in [2.45, 2.75) is 44.4 Å². The molecule has 1 amide bonds. The van der Waals surface area contributed by atoms with E-state index in [1.54, 1.807) is 0 Å². The minimum atomic E-state index is 0.187. The maximum atomic E-state index is 12.7. The van der Waals surface area contributed by atoms with Crippen molar-refractivity contribution in [3.63, 3.8) is 0 Å². The molecule has 0 radical (unpaired) electrons. The van der Waals surface area contributed by atoms with Crippen LogP contribution in [0.3, 0.4) is 0 Å². The summed E-state index contributed by atoms with van der Waals surface area (Å²) in [4.78, 5) is 21.6. The SMILES string of the molecule is O=C(CN1CCCCC1)N1CCC[C@@H](c2ncc(Cc3cccc(Cl)c3)o2)C1. The van der Waals surface area contributed by atoms with Gasteiger partial charge in [0.25, 0.3) is 0 Å². The van der Waals surface area contributed by atoms with E-state index in [4.69, 9.17) is 16.0 Å². The Morgan fingerprint density at radius 1 is 1.18 bits per heavy atom. The van der Waals surface area contributed by atoms with Gasteiger partial charge in [0.05, 0.1) is 18.7 Å². The lowest BCUT2D eigenvalue weighted by molar-refractivity contribution is -0.134. The van der Waals surface area contributed by atoms with Crippen LogP contribution in [0, 0.1) is 0 Å². The van der Waals surface area contributed by atoms with E-state index in [9.17, 15) is 4.79 Å². The van der Waals surface area contributed by atoms with E-state index >= 15 is 0 Å². The molecule has 3 heterocycles. The number of carbonyl (C=O) groups is 1. The largest absolute Gasteiger partial charge is 0.445 e. The molecule has 2 saturated heterocycles. The molecule has 0 bridgehead atoms. The van der Waals surface area contributed by atoms with Crippen LogP contribution in [0.5, 0.6) is 0 Å². The van der Waals surface area contributed by atoms with Crippen molar-refractivity contribution in [3.05, 3.63) is 52.7 Å². The molecule has 2 aromatic rings. The van der Waals surface area contributed by atoms with Crippen LogP contribution in [0.25, 0.3) is 0 Å². The standard InChI is InChI=1S/C22H28ClN3O2/c23-19-8-4-6-17(12-19)13-20-14-24-22(28-20)18-7-5-11-26(15-18)21(27)16-25-9-2-1-3-10-25/h4,6,8,12,14,18H,1-3,5,7,9-11,13,15-16H2/t18-/m1/s1. The van der Waals surface area contributed by atoms with E-state index in [0.29, 0.717) is 19.5 Å². The second kappa shape index (κ2) is 9.10. The fraction of sp³-hybridized carbons (Fsp3) is 0.545. The molecule has 0 unspecified atom stereocenters. The van der Waals surface area contributed by atoms with Crippen molar-refractivity contribution in [1.29, 1.82) is 0 Å². The van der Waals surface area contributed by atoms with Gasteiger partial charge in [-0.25, -0.2) is 4.98 Å². The third-order valence-electron chi connectivity index (χ3n) is 5.77. The van der Waals surface area contributed by atoms with E-state index in [-0.39, 0.29) is 11.8 Å². The molecule has 0 N–H and O–H groups in total. The summed E-state index contributed by atoms with van der Waals surface area (Å²) in [5.74, 6) is 2.03. The highest BCUT2D eigenvalue weighted by molar-refractivity contribution is 6.30. The molecule has 2 aliphatic heterocycles. The number of hydrogen-bond donors (Lipinski definition) is 0. The van der Waals surface area contributed by atoms with E-state index in [1.807, 2.05) is 35.4 Å². The zero-order valence-electron chi connectivity index (χ0n) is 16.3. The van der Waals surface area contributed by atoms with Crippen LogP contribution in [0.15, 0.2) is 34.9 Å². The highest BCUT2D eigenvalue weighted by Crippen LogP contribution is 2.27. The molecule has 2 aliphatic rings. The number of piperidine rings is 2. The van der Waals surface area contributed by atoms with Crippen LogP contribution in [0.1, 0.15) is 55.2 Å². The quantitative estimate of drug-likeness (QED) is 0.756. The summed E-state index contributed by atoms with van der Waals surface area (Å²) in [7, 11) is 0. The first-order valence-corrected chi connectivity index (χ1v) is 10.7. The van der Waals surface area contributed by atoms with Gasteiger partial charge in [0.2, 0.25) is 5.91 Å². The second-order valence-corrected chi connectivity index (χ2v) is 8.42. The molecule has 4 rings (SSSR count). The Bertz CT molecular complexity index is 801. The van der Waals surface area contributed by atoms with Crippen LogP contribution < -0.4 is 0 Å². The van der Waals surface area contributed by atoms with Gasteiger partial charge in [-0.15, -0.1) is 0 Å². The molecule has 2 fully saturated rings. The van der Waals surface area contributed by atoms with Gasteiger partial charge in [0, 0.05) is 24.5 Å². The number of hydrogen-bond acceptors (Lipinski definition) is 4. The Balaban J connectivity index is 1.35. The lowest BCUT2D eigenvalue weighted by Crippen LogP contribution is -2.45. The van der Waals surface area contributed by atoms with E-state index in [2.05, 4.69) is 9.88 Å². The first-order chi connectivity index (χ1) is 13.7. The topological polar surface area (TPSA) is 49.6 Å². The van der Waals surface area contributed by atoms with Gasteiger partial charge in [0.15, 0.2) is 5.89 Å². The van der Waals surface area contributed by atoms with E-state index < -0.39 is 0 Å². The van der Waals surface area contributed by atoms with Crippen molar-refractivity contribution in [2.24, 2.45) is 0 Å². The van der Waals surface area contributed by atoms with E-state index in [0.717, 1.165) is 54.7 Å². The lowest BCUT2D eigenvalue weighted by Gasteiger charge is -2.34. The van der Waals surface area contributed by atoms with Gasteiger partial charge in [-0.05, 0) is 56.5 Å². The zero-order chi connectivity index (χ0) is 19.3. The average molecular weight is 402 g/mol. The minimum absolute atomic E-state index is 0.187. The fourth-order valence-electron chi connectivity index (χ4n) is 4.26. The van der Waals surface area contributed by atoms with Crippen molar-refractivity contribution in [1.82, 2.24) is 14.8 Å². The van der Waals surface area contributed by atoms with Crippen LogP contribution >= 0.6 is 11.6 Å². The predicted molar refractivity (Wildman–Crippen MR) is 110 cm³/mol. The van der Waals surface area contributed by atoms with Gasteiger partial charge in [-0.3, -0.25) is 9.69 Å². The van der Waals surface area contributed by atoms with E-state index in [1.165, 1.54) is 19.3 Å². The summed E-state index contributed by atoms with van der Waals surface area (Å²) in [6.07, 6.45) is 8.22. The Morgan fingerprint density at radius 2 is 2.04 bits per heavy atom. The summed E-state index contributed by atoms with van der Waals surface area (Å²) in [6.45, 7) is 4.21. The number of oxazole rings is 1. The summed E-state index contributed by atoms with van der Waals surface area (Å²) in [5, 5.41) is 0.729. The zero-order valence-corrected chi connectivity index (χ0v) is 17.0. The number of amides is 1. The van der Waals surface area contributed by atoms with Crippen LogP contribution in [-0.2, 0) is 11.2 Å². The molecule has 1 atom stereocenters. The smallest absolute Gasteiger partial charge is 0.236 e. The molecular weight excluding hydrogens is 374 g/mol. The van der Waals surface area contributed by atoms with Crippen LogP contribution in [0.4, 0.5) is 0 Å². The normalized spacial score (nSPS) is 21.0. The van der Waals surface area contributed by atoms with Crippen LogP contribution in [0.2, 0.25) is 5.02 Å². The first kappa shape index (κ1) is 19.5. The summed E-state index contributed by atoms with van der Waals surface area (Å²) in [6, 6.07) is 7.80. The maximum absolute atomic E-state index is 12.7. The first-order valence-electron chi connectivity index (χ1n) is 10.4. The fourth-order valence-corrected chi connectivity index (χ4v) is 4.47. The number of rotatable bonds is 5. The summed E-state index contributed by atoms with van der Waals surface area (Å²) < 4.78 is 6.04. The van der Waals surface area contributed by atoms with Gasteiger partial charge < -0.3 is 9.32 Å². The average Bonchev–Trinajstić information content (AvgIpc) is 3.17. The summed E-state index contributed by atoms with van der Waals surface area (Å²) >= 11 is 6.07. The Hall–Kier alpha value is -1.85. The molecule has 150 valence electrons. The molecule has 0 spiro atoms. The highest BCUT2D eigenvalue weighted by atomic mass is 35.5. The highest BCUT2D eigenvalue weighted by Gasteiger charge is 2.28. The van der Waals surface area contributed by atoms with Crippen molar-refractivity contribution < 1.29 is 9.21 Å². The van der Waals surface area contributed by atoms with Crippen molar-refractivity contribution in [2.75, 3.05) is 32.7 Å². The monoisotopic (exact) mass is 401 g/mol. The third-order valence-corrected chi connectivity index (χ3v) is 6.00. The molecule has 28 heavy (non-hydrogen) atoms. The molecule has 1 aromatic heterocycles. The molecule has 0 saturated carbocycles. The lowest BCUT2D eigenvalue weighted by atomic mass is 9.98. The van der Waals surface area contributed by atoms with Gasteiger partial charge >= 0.3 is 0 Å². The maximum Gasteiger partial charge on any atom is 0.236 e. The molecule has 1 aromatic carbocycles. The molecule has 0 aliphatic carbocycles. The minimum Gasteiger partial charge on any atom is -0.445 e. The number of benzene rings is 1. The third kappa shape index (κ3) is 4.95. The Kier molecular flexibility index (Phi) is 6.33. The molecule has 5 nitrogen and oxygen atoms in total. The van der Waals surface area contributed by atoms with Crippen LogP contribution in [-0.4, -0.2) is 53.4 Å². The van der Waals surface area contributed by atoms with Crippen molar-refractivity contribution >= 4 is 17.5 Å². The molecular formula is C22H28ClN3O2. The number of halogens is 1. The Labute approximate surface area is 171 Å².